The minimum absolute atomic E-state index is 0.0902. The van der Waals surface area contributed by atoms with Crippen LogP contribution in [-0.4, -0.2) is 29.8 Å². The van der Waals surface area contributed by atoms with Gasteiger partial charge in [-0.1, -0.05) is 66.2 Å². The average Bonchev–Trinajstić information content (AvgIpc) is 3.28. The van der Waals surface area contributed by atoms with Gasteiger partial charge in [0.05, 0.1) is 11.5 Å². The normalized spacial score (nSPS) is 18.1. The van der Waals surface area contributed by atoms with Crippen LogP contribution in [0.15, 0.2) is 78.9 Å². The predicted octanol–water partition coefficient (Wildman–Crippen LogP) is 5.53. The van der Waals surface area contributed by atoms with Crippen LogP contribution in [0, 0.1) is 5.92 Å². The number of rotatable bonds is 5. The van der Waals surface area contributed by atoms with Gasteiger partial charge in [-0.3, -0.25) is 9.59 Å². The number of hydrogen-bond acceptors (Lipinski definition) is 2. The van der Waals surface area contributed by atoms with Crippen LogP contribution in [0.5, 0.6) is 0 Å². The topological polar surface area (TPSA) is 49.4 Å². The van der Waals surface area contributed by atoms with Crippen molar-refractivity contribution in [2.24, 2.45) is 5.92 Å². The summed E-state index contributed by atoms with van der Waals surface area (Å²) in [6, 6.07) is 20.7. The van der Waals surface area contributed by atoms with Crippen LogP contribution in [0.3, 0.4) is 0 Å². The first-order valence-electron chi connectivity index (χ1n) is 10.8. The van der Waals surface area contributed by atoms with Gasteiger partial charge in [0.25, 0.3) is 5.91 Å². The van der Waals surface area contributed by atoms with Gasteiger partial charge in [0.2, 0.25) is 5.91 Å². The summed E-state index contributed by atoms with van der Waals surface area (Å²) in [5.41, 5.74) is 0.848. The predicted molar refractivity (Wildman–Crippen MR) is 123 cm³/mol. The van der Waals surface area contributed by atoms with Crippen LogP contribution < -0.4 is 5.32 Å². The molecule has 0 bridgehead atoms. The summed E-state index contributed by atoms with van der Waals surface area (Å²) in [6.45, 7) is 0.497. The maximum Gasteiger partial charge on any atom is 0.416 e. The Labute approximate surface area is 200 Å². The van der Waals surface area contributed by atoms with Gasteiger partial charge in [0.1, 0.15) is 0 Å². The fourth-order valence-electron chi connectivity index (χ4n) is 4.24. The molecule has 4 nitrogen and oxygen atoms in total. The zero-order chi connectivity index (χ0) is 24.3. The maximum atomic E-state index is 13.3. The highest BCUT2D eigenvalue weighted by Crippen LogP contribution is 2.37. The fraction of sp³-hybridized carbons (Fsp3) is 0.231. The molecular formula is C26H22ClF3N2O2. The van der Waals surface area contributed by atoms with Crippen molar-refractivity contribution in [3.63, 3.8) is 0 Å². The number of nitrogens with one attached hydrogen (secondary N) is 1. The highest BCUT2D eigenvalue weighted by Gasteiger charge is 2.41. The van der Waals surface area contributed by atoms with Crippen molar-refractivity contribution in [2.75, 3.05) is 13.1 Å². The first kappa shape index (κ1) is 23.8. The molecule has 1 fully saturated rings. The molecule has 4 rings (SSSR count). The molecule has 176 valence electrons. The van der Waals surface area contributed by atoms with Crippen molar-refractivity contribution in [1.82, 2.24) is 10.2 Å². The number of benzene rings is 3. The van der Waals surface area contributed by atoms with E-state index in [4.69, 9.17) is 11.6 Å². The van der Waals surface area contributed by atoms with Crippen molar-refractivity contribution in [3.8, 4) is 0 Å². The quantitative estimate of drug-likeness (QED) is 0.515. The van der Waals surface area contributed by atoms with Crippen LogP contribution >= 0.6 is 11.6 Å². The van der Waals surface area contributed by atoms with Gasteiger partial charge < -0.3 is 10.2 Å². The Hall–Kier alpha value is -3.32. The molecule has 2 atom stereocenters. The molecule has 0 aromatic heterocycles. The Bertz CT molecular complexity index is 1180. The van der Waals surface area contributed by atoms with Gasteiger partial charge in [-0.25, -0.2) is 0 Å². The van der Waals surface area contributed by atoms with Crippen LogP contribution in [-0.2, 0) is 17.5 Å². The minimum Gasteiger partial charge on any atom is -0.352 e. The lowest BCUT2D eigenvalue weighted by Crippen LogP contribution is -2.35. The van der Waals surface area contributed by atoms with Crippen LogP contribution in [0.2, 0.25) is 5.02 Å². The van der Waals surface area contributed by atoms with E-state index in [1.165, 1.54) is 17.0 Å². The zero-order valence-corrected chi connectivity index (χ0v) is 18.8. The van der Waals surface area contributed by atoms with Crippen molar-refractivity contribution in [2.45, 2.75) is 18.6 Å². The molecule has 0 unspecified atom stereocenters. The highest BCUT2D eigenvalue weighted by atomic mass is 35.5. The molecule has 1 heterocycles. The molecule has 8 heteroatoms. The Morgan fingerprint density at radius 2 is 1.68 bits per heavy atom. The molecule has 0 spiro atoms. The summed E-state index contributed by atoms with van der Waals surface area (Å²) in [7, 11) is 0. The number of hydrogen-bond donors (Lipinski definition) is 1. The first-order valence-corrected chi connectivity index (χ1v) is 11.1. The lowest BCUT2D eigenvalue weighted by Gasteiger charge is -2.19. The van der Waals surface area contributed by atoms with Crippen molar-refractivity contribution >= 4 is 23.4 Å². The molecular weight excluding hydrogens is 465 g/mol. The van der Waals surface area contributed by atoms with E-state index in [0.717, 1.165) is 17.7 Å². The first-order chi connectivity index (χ1) is 16.2. The maximum absolute atomic E-state index is 13.3. The summed E-state index contributed by atoms with van der Waals surface area (Å²) in [6.07, 6.45) is -4.50. The van der Waals surface area contributed by atoms with Crippen molar-refractivity contribution < 1.29 is 22.8 Å². The third-order valence-electron chi connectivity index (χ3n) is 5.97. The second-order valence-corrected chi connectivity index (χ2v) is 8.70. The summed E-state index contributed by atoms with van der Waals surface area (Å²) < 4.78 is 40.0. The third kappa shape index (κ3) is 5.42. The van der Waals surface area contributed by atoms with E-state index in [1.54, 1.807) is 24.3 Å². The molecule has 1 aliphatic heterocycles. The van der Waals surface area contributed by atoms with Gasteiger partial charge in [-0.15, -0.1) is 0 Å². The number of alkyl halides is 3. The van der Waals surface area contributed by atoms with Crippen molar-refractivity contribution in [1.29, 1.82) is 0 Å². The number of likely N-dealkylation sites (tertiary alicyclic amines) is 1. The van der Waals surface area contributed by atoms with Gasteiger partial charge >= 0.3 is 6.18 Å². The summed E-state index contributed by atoms with van der Waals surface area (Å²) in [5, 5.41) is 3.27. The van der Waals surface area contributed by atoms with Crippen LogP contribution in [0.4, 0.5) is 13.2 Å². The van der Waals surface area contributed by atoms with Gasteiger partial charge in [0.15, 0.2) is 0 Å². The average molecular weight is 487 g/mol. The van der Waals surface area contributed by atoms with Gasteiger partial charge in [0, 0.05) is 36.1 Å². The van der Waals surface area contributed by atoms with E-state index in [0.29, 0.717) is 16.1 Å². The lowest BCUT2D eigenvalue weighted by atomic mass is 9.87. The molecule has 1 saturated heterocycles. The number of carbonyl (C=O) groups excluding carboxylic acids is 2. The molecule has 34 heavy (non-hydrogen) atoms. The molecule has 3 aromatic carbocycles. The summed E-state index contributed by atoms with van der Waals surface area (Å²) in [4.78, 5) is 27.8. The second-order valence-electron chi connectivity index (χ2n) is 8.26. The molecule has 3 aromatic rings. The van der Waals surface area contributed by atoms with E-state index in [-0.39, 0.29) is 31.4 Å². The highest BCUT2D eigenvalue weighted by molar-refractivity contribution is 6.30. The van der Waals surface area contributed by atoms with Crippen LogP contribution in [0.25, 0.3) is 0 Å². The van der Waals surface area contributed by atoms with Gasteiger partial charge in [-0.2, -0.15) is 13.2 Å². The standard InChI is InChI=1S/C26H22ClF3N2O2/c27-21-11-5-9-19(13-21)25(34)32-15-22(18-8-4-10-20(12-18)26(28,29)30)23(16-32)24(33)31-14-17-6-2-1-3-7-17/h1-13,22-23H,14-16H2,(H,31,33)/t22-,23-/m0/s1. The number of nitrogens with zero attached hydrogens (tertiary/aromatic N) is 1. The zero-order valence-electron chi connectivity index (χ0n) is 18.1. The second kappa shape index (κ2) is 9.89. The Kier molecular flexibility index (Phi) is 6.93. The minimum atomic E-state index is -4.50. The SMILES string of the molecule is O=C(NCc1ccccc1)[C@H]1CN(C(=O)c2cccc(Cl)c2)C[C@H]1c1cccc(C(F)(F)F)c1. The van der Waals surface area contributed by atoms with E-state index >= 15 is 0 Å². The monoisotopic (exact) mass is 486 g/mol. The number of carbonyl (C=O) groups is 2. The number of halogens is 4. The largest absolute Gasteiger partial charge is 0.416 e. The molecule has 2 amide bonds. The van der Waals surface area contributed by atoms with E-state index in [1.807, 2.05) is 30.3 Å². The summed E-state index contributed by atoms with van der Waals surface area (Å²) in [5.74, 6) is -1.91. The number of amides is 2. The van der Waals surface area contributed by atoms with E-state index in [9.17, 15) is 22.8 Å². The van der Waals surface area contributed by atoms with Crippen LogP contribution in [0.1, 0.15) is 33.0 Å². The molecule has 1 aliphatic rings. The summed E-state index contributed by atoms with van der Waals surface area (Å²) >= 11 is 6.02. The van der Waals surface area contributed by atoms with E-state index < -0.39 is 23.6 Å². The van der Waals surface area contributed by atoms with Crippen molar-refractivity contribution in [3.05, 3.63) is 106 Å². The molecule has 0 aliphatic carbocycles. The molecule has 0 radical (unpaired) electrons. The molecule has 0 saturated carbocycles. The smallest absolute Gasteiger partial charge is 0.352 e. The Morgan fingerprint density at radius 1 is 0.941 bits per heavy atom. The third-order valence-corrected chi connectivity index (χ3v) is 6.20. The fourth-order valence-corrected chi connectivity index (χ4v) is 4.43. The molecule has 1 N–H and O–H groups in total. The van der Waals surface area contributed by atoms with E-state index in [2.05, 4.69) is 5.32 Å². The Balaban J connectivity index is 1.60. The van der Waals surface area contributed by atoms with Gasteiger partial charge in [-0.05, 0) is 35.4 Å². The Morgan fingerprint density at radius 3 is 2.38 bits per heavy atom. The lowest BCUT2D eigenvalue weighted by molar-refractivity contribution is -0.137.